The van der Waals surface area contributed by atoms with Gasteiger partial charge in [-0.05, 0) is 32.6 Å². The Hall–Kier alpha value is -0.650. The van der Waals surface area contributed by atoms with Gasteiger partial charge in [0.2, 0.25) is 5.91 Å². The topological polar surface area (TPSA) is 44.8 Å². The average molecular weight is 281 g/mol. The highest BCUT2D eigenvalue weighted by Gasteiger charge is 2.29. The number of rotatable bonds is 4. The maximum atomic E-state index is 11.8. The van der Waals surface area contributed by atoms with Gasteiger partial charge in [0.1, 0.15) is 0 Å². The molecule has 0 radical (unpaired) electrons. The Morgan fingerprint density at radius 3 is 2.60 bits per heavy atom. The summed E-state index contributed by atoms with van der Waals surface area (Å²) >= 11 is 0. The smallest absolute Gasteiger partial charge is 0.234 e. The molecule has 2 aliphatic heterocycles. The van der Waals surface area contributed by atoms with Crippen molar-refractivity contribution in [1.82, 2.24) is 15.1 Å². The van der Waals surface area contributed by atoms with Gasteiger partial charge in [-0.1, -0.05) is 0 Å². The molecular weight excluding hydrogens is 254 g/mol. The molecule has 0 aromatic heterocycles. The largest absolute Gasteiger partial charge is 0.376 e. The number of hydrogen-bond acceptors (Lipinski definition) is 4. The molecule has 5 nitrogen and oxygen atoms in total. The van der Waals surface area contributed by atoms with E-state index in [1.165, 1.54) is 25.7 Å². The fourth-order valence-corrected chi connectivity index (χ4v) is 3.32. The lowest BCUT2D eigenvalue weighted by molar-refractivity contribution is -0.122. The number of hydrogen-bond donors (Lipinski definition) is 1. The van der Waals surface area contributed by atoms with Crippen LogP contribution in [0.1, 0.15) is 32.6 Å². The maximum absolute atomic E-state index is 11.8. The summed E-state index contributed by atoms with van der Waals surface area (Å²) in [6, 6.07) is 1.17. The summed E-state index contributed by atoms with van der Waals surface area (Å²) in [5.41, 5.74) is 0. The van der Waals surface area contributed by atoms with Crippen LogP contribution in [0.5, 0.6) is 0 Å². The molecule has 20 heavy (non-hydrogen) atoms. The normalized spacial score (nSPS) is 30.4. The first kappa shape index (κ1) is 14.3. The van der Waals surface area contributed by atoms with Gasteiger partial charge in [-0.25, -0.2) is 0 Å². The van der Waals surface area contributed by atoms with Crippen molar-refractivity contribution in [2.45, 2.75) is 50.8 Å². The summed E-state index contributed by atoms with van der Waals surface area (Å²) in [5.74, 6) is 0.214. The van der Waals surface area contributed by atoms with Gasteiger partial charge in [-0.3, -0.25) is 14.6 Å². The van der Waals surface area contributed by atoms with E-state index in [9.17, 15) is 4.79 Å². The van der Waals surface area contributed by atoms with E-state index in [0.717, 1.165) is 32.8 Å². The van der Waals surface area contributed by atoms with Crippen molar-refractivity contribution in [3.8, 4) is 0 Å². The number of likely N-dealkylation sites (tertiary alicyclic amines) is 1. The molecule has 5 heteroatoms. The Kier molecular flexibility index (Phi) is 4.58. The molecule has 3 rings (SSSR count). The molecule has 0 spiro atoms. The fraction of sp³-hybridized carbons (Fsp3) is 0.933. The first-order valence-corrected chi connectivity index (χ1v) is 8.08. The van der Waals surface area contributed by atoms with E-state index in [1.807, 2.05) is 0 Å². The van der Waals surface area contributed by atoms with Gasteiger partial charge in [0.15, 0.2) is 0 Å². The lowest BCUT2D eigenvalue weighted by atomic mass is 10.0. The molecule has 1 aliphatic carbocycles. The van der Waals surface area contributed by atoms with Crippen molar-refractivity contribution < 1.29 is 9.53 Å². The van der Waals surface area contributed by atoms with E-state index in [0.29, 0.717) is 24.7 Å². The van der Waals surface area contributed by atoms with E-state index in [2.05, 4.69) is 22.0 Å². The summed E-state index contributed by atoms with van der Waals surface area (Å²) in [4.78, 5) is 16.7. The molecule has 1 atom stereocenters. The van der Waals surface area contributed by atoms with Gasteiger partial charge in [0.25, 0.3) is 0 Å². The Labute approximate surface area is 121 Å². The predicted molar refractivity (Wildman–Crippen MR) is 77.6 cm³/mol. The number of ether oxygens (including phenoxy) is 1. The van der Waals surface area contributed by atoms with E-state index in [-0.39, 0.29) is 5.91 Å². The number of nitrogens with zero attached hydrogens (tertiary/aromatic N) is 2. The number of carbonyl (C=O) groups excluding carboxylic acids is 1. The van der Waals surface area contributed by atoms with Crippen LogP contribution >= 0.6 is 0 Å². The fourth-order valence-electron chi connectivity index (χ4n) is 3.32. The second-order valence-corrected chi connectivity index (χ2v) is 6.53. The van der Waals surface area contributed by atoms with Crippen molar-refractivity contribution in [1.29, 1.82) is 0 Å². The molecule has 1 amide bonds. The highest BCUT2D eigenvalue weighted by atomic mass is 16.5. The first-order valence-electron chi connectivity index (χ1n) is 8.08. The molecule has 0 aromatic rings. The quantitative estimate of drug-likeness (QED) is 0.813. The second-order valence-electron chi connectivity index (χ2n) is 6.53. The van der Waals surface area contributed by atoms with E-state index >= 15 is 0 Å². The first-order chi connectivity index (χ1) is 9.70. The lowest BCUT2D eigenvalue weighted by Gasteiger charge is -2.41. The third-order valence-corrected chi connectivity index (χ3v) is 4.66. The number of nitrogens with one attached hydrogen (secondary N) is 1. The van der Waals surface area contributed by atoms with Crippen LogP contribution < -0.4 is 5.32 Å². The molecule has 1 saturated carbocycles. The highest BCUT2D eigenvalue weighted by Crippen LogP contribution is 2.20. The molecule has 1 unspecified atom stereocenters. The summed E-state index contributed by atoms with van der Waals surface area (Å²) in [6.45, 7) is 7.84. The minimum Gasteiger partial charge on any atom is -0.376 e. The number of morpholine rings is 1. The van der Waals surface area contributed by atoms with Gasteiger partial charge in [-0.2, -0.15) is 0 Å². The van der Waals surface area contributed by atoms with E-state index in [1.54, 1.807) is 0 Å². The van der Waals surface area contributed by atoms with Gasteiger partial charge in [0, 0.05) is 38.3 Å². The summed E-state index contributed by atoms with van der Waals surface area (Å²) in [5, 5.41) is 3.07. The van der Waals surface area contributed by atoms with E-state index in [4.69, 9.17) is 4.74 Å². The van der Waals surface area contributed by atoms with Gasteiger partial charge < -0.3 is 10.1 Å². The maximum Gasteiger partial charge on any atom is 0.234 e. The lowest BCUT2D eigenvalue weighted by Crippen LogP contribution is -2.52. The Morgan fingerprint density at radius 2 is 1.95 bits per heavy atom. The standard InChI is InChI=1S/C15H27N3O2/c1-12-10-18(8-9-20-12)14-4-6-17(7-5-14)11-15(19)16-13-2-3-13/h12-14H,2-11H2,1H3,(H,16,19). The van der Waals surface area contributed by atoms with Crippen LogP contribution in [-0.2, 0) is 9.53 Å². The number of carbonyl (C=O) groups is 1. The van der Waals surface area contributed by atoms with Gasteiger partial charge >= 0.3 is 0 Å². The minimum atomic E-state index is 0.214. The number of piperidine rings is 1. The van der Waals surface area contributed by atoms with Crippen molar-refractivity contribution in [3.05, 3.63) is 0 Å². The minimum absolute atomic E-state index is 0.214. The van der Waals surface area contributed by atoms with Crippen LogP contribution in [0.15, 0.2) is 0 Å². The van der Waals surface area contributed by atoms with Crippen molar-refractivity contribution >= 4 is 5.91 Å². The van der Waals surface area contributed by atoms with Gasteiger partial charge in [-0.15, -0.1) is 0 Å². The molecule has 3 fully saturated rings. The third kappa shape index (κ3) is 3.93. The summed E-state index contributed by atoms with van der Waals surface area (Å²) in [6.07, 6.45) is 5.07. The molecule has 0 bridgehead atoms. The molecule has 3 aliphatic rings. The Morgan fingerprint density at radius 1 is 1.20 bits per heavy atom. The van der Waals surface area contributed by atoms with Crippen LogP contribution in [-0.4, -0.2) is 73.2 Å². The van der Waals surface area contributed by atoms with Crippen LogP contribution in [0.2, 0.25) is 0 Å². The zero-order valence-electron chi connectivity index (χ0n) is 12.5. The summed E-state index contributed by atoms with van der Waals surface area (Å²) < 4.78 is 5.61. The SMILES string of the molecule is CC1CN(C2CCN(CC(=O)NC3CC3)CC2)CCO1. The van der Waals surface area contributed by atoms with Crippen LogP contribution in [0.4, 0.5) is 0 Å². The molecule has 114 valence electrons. The Balaban J connectivity index is 1.38. The predicted octanol–water partition coefficient (Wildman–Crippen LogP) is 0.450. The third-order valence-electron chi connectivity index (χ3n) is 4.66. The molecule has 0 aromatic carbocycles. The monoisotopic (exact) mass is 281 g/mol. The summed E-state index contributed by atoms with van der Waals surface area (Å²) in [7, 11) is 0. The van der Waals surface area contributed by atoms with Crippen molar-refractivity contribution in [2.75, 3.05) is 39.3 Å². The van der Waals surface area contributed by atoms with Crippen molar-refractivity contribution in [3.63, 3.8) is 0 Å². The van der Waals surface area contributed by atoms with Crippen LogP contribution in [0.3, 0.4) is 0 Å². The van der Waals surface area contributed by atoms with E-state index < -0.39 is 0 Å². The van der Waals surface area contributed by atoms with Crippen LogP contribution in [0.25, 0.3) is 0 Å². The second kappa shape index (κ2) is 6.41. The molecule has 2 saturated heterocycles. The zero-order chi connectivity index (χ0) is 13.9. The average Bonchev–Trinajstić information content (AvgIpc) is 3.23. The van der Waals surface area contributed by atoms with Crippen LogP contribution in [0, 0.1) is 0 Å². The zero-order valence-corrected chi connectivity index (χ0v) is 12.5. The Bertz CT molecular complexity index is 338. The molecule has 2 heterocycles. The van der Waals surface area contributed by atoms with Gasteiger partial charge in [0.05, 0.1) is 19.3 Å². The number of amides is 1. The van der Waals surface area contributed by atoms with Crippen molar-refractivity contribution in [2.24, 2.45) is 0 Å². The molecular formula is C15H27N3O2. The molecule has 1 N–H and O–H groups in total. The highest BCUT2D eigenvalue weighted by molar-refractivity contribution is 5.78.